The lowest BCUT2D eigenvalue weighted by Crippen LogP contribution is -2.24. The largest absolute Gasteiger partial charge is 0.313 e. The second kappa shape index (κ2) is 4.99. The number of hydrogen-bond acceptors (Lipinski definition) is 2. The molecule has 0 aliphatic heterocycles. The second-order valence-electron chi connectivity index (χ2n) is 4.04. The summed E-state index contributed by atoms with van der Waals surface area (Å²) in [6.45, 7) is 3.09. The molecule has 1 nitrogen and oxygen atoms in total. The van der Waals surface area contributed by atoms with Gasteiger partial charge in [-0.3, -0.25) is 0 Å². The first-order valence-electron chi connectivity index (χ1n) is 5.40. The molecule has 1 fully saturated rings. The molecule has 1 saturated carbocycles. The van der Waals surface area contributed by atoms with Gasteiger partial charge in [0, 0.05) is 22.7 Å². The third-order valence-electron chi connectivity index (χ3n) is 2.44. The minimum absolute atomic E-state index is 0.110. The quantitative estimate of drug-likeness (QED) is 0.773. The van der Waals surface area contributed by atoms with Crippen molar-refractivity contribution in [2.45, 2.75) is 36.0 Å². The van der Waals surface area contributed by atoms with Crippen LogP contribution >= 0.6 is 11.8 Å². The highest BCUT2D eigenvalue weighted by atomic mass is 32.2. The summed E-state index contributed by atoms with van der Waals surface area (Å²) >= 11 is 1.60. The summed E-state index contributed by atoms with van der Waals surface area (Å²) in [6, 6.07) is 7.70. The third-order valence-corrected chi connectivity index (χ3v) is 3.59. The first-order valence-corrected chi connectivity index (χ1v) is 6.28. The van der Waals surface area contributed by atoms with Crippen LogP contribution in [0, 0.1) is 5.82 Å². The molecule has 82 valence electrons. The zero-order chi connectivity index (χ0) is 10.7. The van der Waals surface area contributed by atoms with E-state index in [1.165, 1.54) is 18.9 Å². The van der Waals surface area contributed by atoms with Crippen molar-refractivity contribution in [3.05, 3.63) is 30.1 Å². The van der Waals surface area contributed by atoms with Crippen LogP contribution in [0.1, 0.15) is 19.8 Å². The minimum Gasteiger partial charge on any atom is -0.313 e. The van der Waals surface area contributed by atoms with Gasteiger partial charge in [0.1, 0.15) is 5.82 Å². The van der Waals surface area contributed by atoms with Crippen LogP contribution in [-0.4, -0.2) is 17.8 Å². The van der Waals surface area contributed by atoms with Crippen molar-refractivity contribution in [2.24, 2.45) is 0 Å². The van der Waals surface area contributed by atoms with E-state index in [0.29, 0.717) is 5.25 Å². The average molecular weight is 225 g/mol. The van der Waals surface area contributed by atoms with Crippen LogP contribution in [0.4, 0.5) is 4.39 Å². The van der Waals surface area contributed by atoms with Gasteiger partial charge in [-0.05, 0) is 25.0 Å². The Morgan fingerprint density at radius 3 is 2.87 bits per heavy atom. The Morgan fingerprint density at radius 2 is 2.20 bits per heavy atom. The van der Waals surface area contributed by atoms with Crippen molar-refractivity contribution in [3.63, 3.8) is 0 Å². The van der Waals surface area contributed by atoms with Crippen LogP contribution in [0.2, 0.25) is 0 Å². The molecule has 0 heterocycles. The Kier molecular flexibility index (Phi) is 3.65. The Labute approximate surface area is 94.5 Å². The molecule has 0 saturated heterocycles. The average Bonchev–Trinajstić information content (AvgIpc) is 3.02. The molecular weight excluding hydrogens is 209 g/mol. The minimum atomic E-state index is -0.110. The van der Waals surface area contributed by atoms with Gasteiger partial charge in [-0.15, -0.1) is 11.8 Å². The molecule has 1 atom stereocenters. The molecule has 15 heavy (non-hydrogen) atoms. The van der Waals surface area contributed by atoms with Gasteiger partial charge in [0.05, 0.1) is 0 Å². The Balaban J connectivity index is 1.81. The summed E-state index contributed by atoms with van der Waals surface area (Å²) in [5.74, 6) is -0.110. The predicted octanol–water partition coefficient (Wildman–Crippen LogP) is 3.06. The van der Waals surface area contributed by atoms with Crippen molar-refractivity contribution < 1.29 is 4.39 Å². The molecule has 0 bridgehead atoms. The fraction of sp³-hybridized carbons (Fsp3) is 0.500. The maximum Gasteiger partial charge on any atom is 0.136 e. The maximum atomic E-state index is 13.3. The zero-order valence-corrected chi connectivity index (χ0v) is 9.69. The smallest absolute Gasteiger partial charge is 0.136 e. The normalized spacial score (nSPS) is 17.7. The standard InChI is InChI=1S/C12H16FNS/c1-9(8-14-10-6-7-10)15-12-5-3-2-4-11(12)13/h2-5,9-10,14H,6-8H2,1H3. The Hall–Kier alpha value is -0.540. The molecule has 0 amide bonds. The molecule has 1 unspecified atom stereocenters. The van der Waals surface area contributed by atoms with E-state index in [1.54, 1.807) is 17.8 Å². The Bertz CT molecular complexity index is 325. The van der Waals surface area contributed by atoms with Crippen LogP contribution in [0.25, 0.3) is 0 Å². The first kappa shape index (κ1) is 11.0. The lowest BCUT2D eigenvalue weighted by molar-refractivity contribution is 0.600. The van der Waals surface area contributed by atoms with Gasteiger partial charge in [0.2, 0.25) is 0 Å². The fourth-order valence-corrected chi connectivity index (χ4v) is 2.37. The highest BCUT2D eigenvalue weighted by molar-refractivity contribution is 8.00. The molecule has 1 aliphatic rings. The molecular formula is C12H16FNS. The zero-order valence-electron chi connectivity index (χ0n) is 8.87. The summed E-state index contributed by atoms with van der Waals surface area (Å²) in [5.41, 5.74) is 0. The third kappa shape index (κ3) is 3.50. The van der Waals surface area contributed by atoms with Gasteiger partial charge in [0.15, 0.2) is 0 Å². The lowest BCUT2D eigenvalue weighted by atomic mass is 10.3. The summed E-state index contributed by atoms with van der Waals surface area (Å²) in [5, 5.41) is 3.87. The van der Waals surface area contributed by atoms with Gasteiger partial charge in [0.25, 0.3) is 0 Å². The SMILES string of the molecule is CC(CNC1CC1)Sc1ccccc1F. The van der Waals surface area contributed by atoms with Gasteiger partial charge in [-0.1, -0.05) is 19.1 Å². The van der Waals surface area contributed by atoms with Gasteiger partial charge in [-0.25, -0.2) is 4.39 Å². The second-order valence-corrected chi connectivity index (χ2v) is 5.52. The van der Waals surface area contributed by atoms with Crippen LogP contribution in [0.5, 0.6) is 0 Å². The molecule has 2 rings (SSSR count). The lowest BCUT2D eigenvalue weighted by Gasteiger charge is -2.12. The van der Waals surface area contributed by atoms with Crippen molar-refractivity contribution in [1.29, 1.82) is 0 Å². The number of hydrogen-bond donors (Lipinski definition) is 1. The molecule has 1 aliphatic carbocycles. The maximum absolute atomic E-state index is 13.3. The summed E-state index contributed by atoms with van der Waals surface area (Å²) in [6.07, 6.45) is 2.61. The monoisotopic (exact) mass is 225 g/mol. The highest BCUT2D eigenvalue weighted by Gasteiger charge is 2.21. The van der Waals surface area contributed by atoms with E-state index in [0.717, 1.165) is 17.5 Å². The molecule has 1 N–H and O–H groups in total. The molecule has 0 radical (unpaired) electrons. The molecule has 0 spiro atoms. The van der Waals surface area contributed by atoms with Crippen molar-refractivity contribution >= 4 is 11.8 Å². The van der Waals surface area contributed by atoms with E-state index in [1.807, 2.05) is 12.1 Å². The van der Waals surface area contributed by atoms with E-state index in [2.05, 4.69) is 12.2 Å². The molecule has 3 heteroatoms. The van der Waals surface area contributed by atoms with E-state index < -0.39 is 0 Å². The number of thioether (sulfide) groups is 1. The van der Waals surface area contributed by atoms with Crippen molar-refractivity contribution in [3.8, 4) is 0 Å². The van der Waals surface area contributed by atoms with Crippen LogP contribution in [0.15, 0.2) is 29.2 Å². The molecule has 1 aromatic rings. The van der Waals surface area contributed by atoms with E-state index in [9.17, 15) is 4.39 Å². The van der Waals surface area contributed by atoms with E-state index >= 15 is 0 Å². The van der Waals surface area contributed by atoms with Gasteiger partial charge in [-0.2, -0.15) is 0 Å². The van der Waals surface area contributed by atoms with Crippen LogP contribution < -0.4 is 5.32 Å². The number of halogens is 1. The van der Waals surface area contributed by atoms with Gasteiger partial charge < -0.3 is 5.32 Å². The summed E-state index contributed by atoms with van der Waals surface area (Å²) in [4.78, 5) is 0.752. The predicted molar refractivity (Wildman–Crippen MR) is 62.7 cm³/mol. The van der Waals surface area contributed by atoms with Crippen molar-refractivity contribution in [1.82, 2.24) is 5.32 Å². The summed E-state index contributed by atoms with van der Waals surface area (Å²) in [7, 11) is 0. The van der Waals surface area contributed by atoms with E-state index in [-0.39, 0.29) is 5.82 Å². The highest BCUT2D eigenvalue weighted by Crippen LogP contribution is 2.26. The fourth-order valence-electron chi connectivity index (χ4n) is 1.42. The van der Waals surface area contributed by atoms with Crippen LogP contribution in [-0.2, 0) is 0 Å². The number of benzene rings is 1. The van der Waals surface area contributed by atoms with Crippen LogP contribution in [0.3, 0.4) is 0 Å². The number of nitrogens with one attached hydrogen (secondary N) is 1. The first-order chi connectivity index (χ1) is 7.25. The summed E-state index contributed by atoms with van der Waals surface area (Å²) < 4.78 is 13.3. The Morgan fingerprint density at radius 1 is 1.47 bits per heavy atom. The van der Waals surface area contributed by atoms with Gasteiger partial charge >= 0.3 is 0 Å². The van der Waals surface area contributed by atoms with Crippen molar-refractivity contribution in [2.75, 3.05) is 6.54 Å². The molecule has 0 aromatic heterocycles. The molecule has 1 aromatic carbocycles. The number of rotatable bonds is 5. The topological polar surface area (TPSA) is 12.0 Å². The van der Waals surface area contributed by atoms with E-state index in [4.69, 9.17) is 0 Å².